The van der Waals surface area contributed by atoms with Crippen molar-refractivity contribution in [1.82, 2.24) is 34.9 Å². The number of fused-ring (bicyclic) bond motifs is 1. The number of hydrogen-bond donors (Lipinski definition) is 5. The second-order valence-corrected chi connectivity index (χ2v) is 19.3. The van der Waals surface area contributed by atoms with E-state index in [1.807, 2.05) is 6.92 Å². The molecule has 23 heteroatoms. The minimum Gasteiger partial charge on any atom is -0.382 e. The quantitative estimate of drug-likeness (QED) is 0.0708. The van der Waals surface area contributed by atoms with Crippen molar-refractivity contribution < 1.29 is 38.2 Å². The third-order valence-corrected chi connectivity index (χ3v) is 15.0. The number of nitrogen functional groups attached to an aromatic ring is 1. The number of hydrogen-bond acceptors (Lipinski definition) is 17. The van der Waals surface area contributed by atoms with Crippen molar-refractivity contribution in [2.24, 2.45) is 11.1 Å². The zero-order valence-corrected chi connectivity index (χ0v) is 40.6. The number of nitrogens with one attached hydrogen (secondary N) is 3. The van der Waals surface area contributed by atoms with E-state index >= 15 is 0 Å². The van der Waals surface area contributed by atoms with Crippen molar-refractivity contribution in [2.45, 2.75) is 80.0 Å². The molecule has 1 unspecified atom stereocenters. The number of carbonyl (C=O) groups is 5. The van der Waals surface area contributed by atoms with Crippen molar-refractivity contribution in [3.8, 4) is 0 Å². The Morgan fingerprint density at radius 1 is 0.914 bits per heavy atom. The van der Waals surface area contributed by atoms with Crippen LogP contribution in [0.2, 0.25) is 5.02 Å². The molecule has 8 rings (SSSR count). The van der Waals surface area contributed by atoms with Crippen molar-refractivity contribution in [3.63, 3.8) is 0 Å². The van der Waals surface area contributed by atoms with Crippen LogP contribution in [0.15, 0.2) is 63.5 Å². The van der Waals surface area contributed by atoms with E-state index in [-0.39, 0.29) is 92.3 Å². The number of carbonyl (C=O) groups excluding carboxylic acids is 5. The number of ether oxygens (including phenoxy) is 3. The van der Waals surface area contributed by atoms with Crippen LogP contribution in [0.1, 0.15) is 57.9 Å². The van der Waals surface area contributed by atoms with Gasteiger partial charge in [-0.2, -0.15) is 5.10 Å². The maximum Gasteiger partial charge on any atom is 0.277 e. The molecule has 3 atom stereocenters. The summed E-state index contributed by atoms with van der Waals surface area (Å²) in [7, 11) is 0. The molecule has 4 aliphatic heterocycles. The lowest BCUT2D eigenvalue weighted by atomic mass is 9.73. The zero-order chi connectivity index (χ0) is 49.4. The van der Waals surface area contributed by atoms with E-state index < -0.39 is 17.5 Å². The number of benzene rings is 2. The van der Waals surface area contributed by atoms with Crippen molar-refractivity contribution in [1.29, 1.82) is 0 Å². The van der Waals surface area contributed by atoms with Gasteiger partial charge in [-0.05, 0) is 44.4 Å². The molecule has 4 saturated heterocycles. The predicted octanol–water partition coefficient (Wildman–Crippen LogP) is 2.81. The van der Waals surface area contributed by atoms with Gasteiger partial charge < -0.3 is 51.0 Å². The summed E-state index contributed by atoms with van der Waals surface area (Å²) in [6.07, 6.45) is 5.57. The number of piperazine rings is 1. The van der Waals surface area contributed by atoms with Crippen molar-refractivity contribution in [2.75, 3.05) is 100 Å². The maximum absolute atomic E-state index is 13.4. The highest BCUT2D eigenvalue weighted by Gasteiger charge is 2.47. The largest absolute Gasteiger partial charge is 0.382 e. The Kier molecular flexibility index (Phi) is 16.5. The summed E-state index contributed by atoms with van der Waals surface area (Å²) in [6.45, 7) is 7.25. The second-order valence-electron chi connectivity index (χ2n) is 17.9. The topological polar surface area (TPSA) is 272 Å². The molecule has 2 aromatic heterocycles. The SMILES string of the molecule is C[C@H]1OCC2(CCN(c3cnc(Sc4cccc(NC(=O)CCC(=O)N5CCN(C(=O)CCOCCOCCNc6cccc7cnn(C8CCC(=O)NC8=O)c(=O)c67)CC5)c4Cl)c(N)n3)CC2)[C@H]1N. The van der Waals surface area contributed by atoms with Crippen LogP contribution in [0.4, 0.5) is 23.0 Å². The lowest BCUT2D eigenvalue weighted by molar-refractivity contribution is -0.140. The third-order valence-electron chi connectivity index (χ3n) is 13.4. The zero-order valence-electron chi connectivity index (χ0n) is 39.0. The van der Waals surface area contributed by atoms with E-state index in [4.69, 9.17) is 37.3 Å². The summed E-state index contributed by atoms with van der Waals surface area (Å²) >= 11 is 7.99. The minimum atomic E-state index is -0.864. The van der Waals surface area contributed by atoms with Gasteiger partial charge in [0.15, 0.2) is 5.82 Å². The molecule has 21 nitrogen and oxygen atoms in total. The van der Waals surface area contributed by atoms with Crippen molar-refractivity contribution in [3.05, 3.63) is 64.2 Å². The van der Waals surface area contributed by atoms with Gasteiger partial charge in [-0.1, -0.05) is 41.6 Å². The van der Waals surface area contributed by atoms with E-state index in [2.05, 4.69) is 35.9 Å². The van der Waals surface area contributed by atoms with Gasteiger partial charge in [-0.15, -0.1) is 0 Å². The summed E-state index contributed by atoms with van der Waals surface area (Å²) in [4.78, 5) is 91.7. The van der Waals surface area contributed by atoms with E-state index in [1.54, 1.807) is 52.4 Å². The summed E-state index contributed by atoms with van der Waals surface area (Å²) in [6, 6.07) is 9.73. The summed E-state index contributed by atoms with van der Waals surface area (Å²) in [5.74, 6) is -0.564. The standard InChI is InChI=1S/C47H59ClN12O9S/c1-29-42(49)47(28-69-29)13-16-57(17-14-47)35-27-52-45(43(50)55-35)70-34-7-3-6-32(41(34)48)54-36(61)10-11-38(63)58-18-20-59(21-19-58)39(64)12-22-67-24-25-68-23-15-51-31-5-2-4-30-26-53-60(46(66)40(30)31)33-8-9-37(62)56-44(33)65/h2-7,26-27,29,33,42,51H,8-25,28,49H2,1H3,(H2,50,55)(H,54,61)(H,56,62,65)/t29-,33?,42+/m1/s1. The van der Waals surface area contributed by atoms with Gasteiger partial charge in [-0.3, -0.25) is 34.1 Å². The highest BCUT2D eigenvalue weighted by molar-refractivity contribution is 7.99. The first-order valence-corrected chi connectivity index (χ1v) is 24.8. The van der Waals surface area contributed by atoms with Gasteiger partial charge in [0.2, 0.25) is 23.6 Å². The molecule has 4 fully saturated rings. The van der Waals surface area contributed by atoms with Crippen LogP contribution in [0.3, 0.4) is 0 Å². The molecular weight excluding hydrogens is 944 g/mol. The summed E-state index contributed by atoms with van der Waals surface area (Å²) in [5.41, 5.74) is 13.4. The number of nitrogens with zero attached hydrogens (tertiary/aromatic N) is 7. The molecule has 2 aromatic carbocycles. The first kappa shape index (κ1) is 50.5. The molecule has 0 aliphatic carbocycles. The van der Waals surface area contributed by atoms with Crippen LogP contribution < -0.4 is 37.9 Å². The van der Waals surface area contributed by atoms with Crippen LogP contribution in [-0.4, -0.2) is 150 Å². The molecule has 0 radical (unpaired) electrons. The normalized spacial score (nSPS) is 20.2. The Morgan fingerprint density at radius 3 is 2.31 bits per heavy atom. The Hall–Kier alpha value is -5.91. The molecular formula is C47H59ClN12O9S. The molecule has 0 saturated carbocycles. The first-order valence-electron chi connectivity index (χ1n) is 23.6. The molecule has 6 heterocycles. The van der Waals surface area contributed by atoms with Crippen LogP contribution in [0.5, 0.6) is 0 Å². The van der Waals surface area contributed by atoms with Crippen LogP contribution in [0, 0.1) is 5.41 Å². The molecule has 70 heavy (non-hydrogen) atoms. The minimum absolute atomic E-state index is 0.00241. The fraction of sp³-hybridized carbons (Fsp3) is 0.511. The molecule has 4 aliphatic rings. The number of amides is 5. The number of imide groups is 1. The highest BCUT2D eigenvalue weighted by atomic mass is 35.5. The first-order chi connectivity index (χ1) is 33.8. The van der Waals surface area contributed by atoms with Gasteiger partial charge in [-0.25, -0.2) is 14.6 Å². The number of rotatable bonds is 18. The Bertz CT molecular complexity index is 2640. The average molecular weight is 1000 g/mol. The van der Waals surface area contributed by atoms with E-state index in [0.717, 1.165) is 30.6 Å². The van der Waals surface area contributed by atoms with Gasteiger partial charge in [0.1, 0.15) is 16.9 Å². The third kappa shape index (κ3) is 11.8. The Balaban J connectivity index is 0.688. The molecule has 374 valence electrons. The predicted molar refractivity (Wildman–Crippen MR) is 262 cm³/mol. The summed E-state index contributed by atoms with van der Waals surface area (Å²) in [5, 5.41) is 14.3. The number of nitrogens with two attached hydrogens (primary N) is 2. The lowest BCUT2D eigenvalue weighted by Crippen LogP contribution is -2.50. The van der Waals surface area contributed by atoms with E-state index in [1.165, 1.54) is 18.0 Å². The maximum atomic E-state index is 13.4. The van der Waals surface area contributed by atoms with Gasteiger partial charge in [0.25, 0.3) is 11.5 Å². The number of piperidine rings is 2. The smallest absolute Gasteiger partial charge is 0.277 e. The average Bonchev–Trinajstić information content (AvgIpc) is 3.63. The number of halogens is 1. The van der Waals surface area contributed by atoms with E-state index in [9.17, 15) is 28.8 Å². The highest BCUT2D eigenvalue weighted by Crippen LogP contribution is 2.43. The van der Waals surface area contributed by atoms with E-state index in [0.29, 0.717) is 95.5 Å². The lowest BCUT2D eigenvalue weighted by Gasteiger charge is -2.41. The fourth-order valence-electron chi connectivity index (χ4n) is 9.24. The molecule has 4 aromatic rings. The number of aromatic nitrogens is 4. The number of anilines is 4. The van der Waals surface area contributed by atoms with Gasteiger partial charge in [0, 0.05) is 92.5 Å². The molecule has 7 N–H and O–H groups in total. The Labute approximate surface area is 413 Å². The summed E-state index contributed by atoms with van der Waals surface area (Å²) < 4.78 is 18.3. The monoisotopic (exact) mass is 1000 g/mol. The van der Waals surface area contributed by atoms with Gasteiger partial charge in [0.05, 0.1) is 74.0 Å². The molecule has 1 spiro atoms. The Morgan fingerprint density at radius 2 is 1.61 bits per heavy atom. The second kappa shape index (κ2) is 22.9. The molecule has 5 amide bonds. The van der Waals surface area contributed by atoms with Gasteiger partial charge >= 0.3 is 0 Å². The fourth-order valence-corrected chi connectivity index (χ4v) is 10.3. The molecule has 0 bridgehead atoms. The van der Waals surface area contributed by atoms with Crippen LogP contribution in [0.25, 0.3) is 10.8 Å². The van der Waals surface area contributed by atoms with Crippen LogP contribution >= 0.6 is 23.4 Å². The van der Waals surface area contributed by atoms with Crippen LogP contribution in [-0.2, 0) is 38.2 Å². The van der Waals surface area contributed by atoms with Crippen molar-refractivity contribution >= 4 is 86.7 Å².